The molecule has 1 saturated heterocycles. The summed E-state index contributed by atoms with van der Waals surface area (Å²) >= 11 is 6.41. The molecule has 2 heterocycles. The quantitative estimate of drug-likeness (QED) is 0.145. The molecule has 5 N–H and O–H groups in total. The molecule has 1 aromatic heterocycles. The number of aliphatic hydroxyl groups is 1. The number of aromatic nitrogens is 2. The van der Waals surface area contributed by atoms with Crippen LogP contribution in [0.4, 0.5) is 17.5 Å². The van der Waals surface area contributed by atoms with Crippen molar-refractivity contribution < 1.29 is 18.3 Å². The summed E-state index contributed by atoms with van der Waals surface area (Å²) in [6.45, 7) is 11.8. The Balaban J connectivity index is 1.57. The molecule has 11 nitrogen and oxygen atoms in total. The van der Waals surface area contributed by atoms with Crippen molar-refractivity contribution in [2.24, 2.45) is 5.92 Å². The van der Waals surface area contributed by atoms with Crippen LogP contribution in [-0.2, 0) is 9.84 Å². The van der Waals surface area contributed by atoms with Crippen LogP contribution >= 0.6 is 11.6 Å². The number of nitrogens with one attached hydrogen (secondary N) is 4. The molecule has 2 aliphatic rings. The zero-order valence-electron chi connectivity index (χ0n) is 26.5. The highest BCUT2D eigenvalue weighted by Gasteiger charge is 2.32. The Labute approximate surface area is 266 Å². The van der Waals surface area contributed by atoms with E-state index in [0.717, 1.165) is 55.8 Å². The number of anilines is 3. The largest absolute Gasteiger partial charge is 0.488 e. The molecule has 44 heavy (non-hydrogen) atoms. The topological polar surface area (TPSA) is 153 Å². The molecule has 242 valence electrons. The van der Waals surface area contributed by atoms with Crippen molar-refractivity contribution in [3.05, 3.63) is 46.4 Å². The lowest BCUT2D eigenvalue weighted by molar-refractivity contribution is 0.0378. The van der Waals surface area contributed by atoms with E-state index in [1.165, 1.54) is 18.0 Å². The van der Waals surface area contributed by atoms with Gasteiger partial charge >= 0.3 is 0 Å². The van der Waals surface area contributed by atoms with E-state index in [1.807, 2.05) is 0 Å². The maximum Gasteiger partial charge on any atom is 0.229 e. The molecule has 0 atom stereocenters. The first-order chi connectivity index (χ1) is 20.7. The molecule has 0 amide bonds. The second-order valence-corrected chi connectivity index (χ2v) is 15.1. The van der Waals surface area contributed by atoms with Gasteiger partial charge in [0.1, 0.15) is 10.8 Å². The molecule has 1 aliphatic carbocycles. The maximum atomic E-state index is 12.8. The minimum atomic E-state index is -3.83. The predicted molar refractivity (Wildman–Crippen MR) is 177 cm³/mol. The van der Waals surface area contributed by atoms with Crippen molar-refractivity contribution in [3.63, 3.8) is 0 Å². The Morgan fingerprint density at radius 2 is 1.93 bits per heavy atom. The molecule has 13 heteroatoms. The van der Waals surface area contributed by atoms with Crippen LogP contribution in [0.25, 0.3) is 0 Å². The molecule has 1 aromatic carbocycles. The summed E-state index contributed by atoms with van der Waals surface area (Å²) in [7, 11) is -2.22. The first-order valence-corrected chi connectivity index (χ1v) is 17.2. The number of benzene rings is 1. The molecule has 0 bridgehead atoms. The molecule has 0 spiro atoms. The summed E-state index contributed by atoms with van der Waals surface area (Å²) in [6.07, 6.45) is 7.01. The third kappa shape index (κ3) is 8.41. The highest BCUT2D eigenvalue weighted by atomic mass is 35.5. The van der Waals surface area contributed by atoms with Crippen molar-refractivity contribution in [1.82, 2.24) is 20.2 Å². The molecule has 2 aromatic rings. The Hall–Kier alpha value is -2.93. The first kappa shape index (κ1) is 34.0. The number of aliphatic hydroxyl groups excluding tert-OH is 1. The van der Waals surface area contributed by atoms with Crippen molar-refractivity contribution in [3.8, 4) is 5.75 Å². The van der Waals surface area contributed by atoms with Gasteiger partial charge in [-0.3, -0.25) is 10.3 Å². The van der Waals surface area contributed by atoms with E-state index in [9.17, 15) is 13.5 Å². The van der Waals surface area contributed by atoms with Crippen molar-refractivity contribution in [1.29, 1.82) is 5.41 Å². The van der Waals surface area contributed by atoms with Gasteiger partial charge in [-0.15, -0.1) is 0 Å². The number of hydrogen-bond donors (Lipinski definition) is 5. The van der Waals surface area contributed by atoms with Crippen LogP contribution in [0.3, 0.4) is 0 Å². The van der Waals surface area contributed by atoms with Crippen LogP contribution in [0.5, 0.6) is 5.75 Å². The average Bonchev–Trinajstić information content (AvgIpc) is 3.79. The van der Waals surface area contributed by atoms with Crippen LogP contribution < -0.4 is 20.7 Å². The Bertz CT molecular complexity index is 1480. The fraction of sp³-hybridized carbons (Fsp3) is 0.581. The lowest BCUT2D eigenvalue weighted by atomic mass is 9.85. The first-order valence-electron chi connectivity index (χ1n) is 15.2. The van der Waals surface area contributed by atoms with Crippen LogP contribution in [-0.4, -0.2) is 77.6 Å². The van der Waals surface area contributed by atoms with Gasteiger partial charge in [0.2, 0.25) is 5.95 Å². The molecule has 1 saturated carbocycles. The smallest absolute Gasteiger partial charge is 0.229 e. The van der Waals surface area contributed by atoms with E-state index >= 15 is 0 Å². The minimum absolute atomic E-state index is 0.0195. The zero-order valence-corrected chi connectivity index (χ0v) is 28.1. The number of ether oxygens (including phenoxy) is 1. The predicted octanol–water partition coefficient (Wildman–Crippen LogP) is 5.19. The molecule has 2 fully saturated rings. The fourth-order valence-electron chi connectivity index (χ4n) is 5.36. The Kier molecular flexibility index (Phi) is 10.8. The Morgan fingerprint density at radius 3 is 2.52 bits per heavy atom. The van der Waals surface area contributed by atoms with Gasteiger partial charge in [0.15, 0.2) is 20.7 Å². The fourth-order valence-corrected chi connectivity index (χ4v) is 6.98. The van der Waals surface area contributed by atoms with Gasteiger partial charge in [-0.1, -0.05) is 25.4 Å². The van der Waals surface area contributed by atoms with Crippen LogP contribution in [0.1, 0.15) is 70.4 Å². The standard InChI is InChI=1S/C31H46ClN7O4S/c1-19(2)17-44(41,42)28(33)26(16-34-6)36-29-24(32)15-35-30(38-29)37-25-13-20(3)23(14-27(25)43-22-7-8-22)21-9-11-39(12-10-21)31(4,5)18-40/h13-16,19,21-22,33-34,40H,7-12,17-18H2,1-6H3,(H2,35,36,37,38)/b26-16+,33-28?. The lowest BCUT2D eigenvalue weighted by Crippen LogP contribution is -2.50. The number of likely N-dealkylation sites (tertiary alicyclic amines) is 1. The molecular formula is C31H46ClN7O4S. The lowest BCUT2D eigenvalue weighted by Gasteiger charge is -2.42. The Morgan fingerprint density at radius 1 is 1.25 bits per heavy atom. The highest BCUT2D eigenvalue weighted by Crippen LogP contribution is 2.40. The number of rotatable bonds is 13. The van der Waals surface area contributed by atoms with E-state index in [2.05, 4.69) is 63.7 Å². The number of hydrogen-bond acceptors (Lipinski definition) is 11. The van der Waals surface area contributed by atoms with Crippen LogP contribution in [0.2, 0.25) is 5.02 Å². The summed E-state index contributed by atoms with van der Waals surface area (Å²) in [5.74, 6) is 1.23. The monoisotopic (exact) mass is 647 g/mol. The number of aryl methyl sites for hydroxylation is 1. The van der Waals surface area contributed by atoms with Crippen molar-refractivity contribution in [2.75, 3.05) is 43.1 Å². The summed E-state index contributed by atoms with van der Waals surface area (Å²) < 4.78 is 31.9. The normalized spacial score (nSPS) is 17.1. The van der Waals surface area contributed by atoms with Gasteiger partial charge in [-0.05, 0) is 94.6 Å². The third-order valence-corrected chi connectivity index (χ3v) is 10.2. The summed E-state index contributed by atoms with van der Waals surface area (Å²) in [5.41, 5.74) is 2.91. The van der Waals surface area contributed by atoms with Crippen LogP contribution in [0.15, 0.2) is 30.2 Å². The molecule has 4 rings (SSSR count). The summed E-state index contributed by atoms with van der Waals surface area (Å²) in [6, 6.07) is 4.19. The van der Waals surface area contributed by atoms with Gasteiger partial charge in [-0.2, -0.15) is 4.98 Å². The van der Waals surface area contributed by atoms with Gasteiger partial charge in [0, 0.05) is 18.8 Å². The minimum Gasteiger partial charge on any atom is -0.488 e. The third-order valence-electron chi connectivity index (χ3n) is 8.00. The SMILES string of the molecule is CN/C=C(/Nc1nc(Nc2cc(C)c(C3CCN(C(C)(C)CO)CC3)cc2OC2CC2)ncc1Cl)C(=N)S(=O)(=O)CC(C)C. The second-order valence-electron chi connectivity index (χ2n) is 12.7. The molecule has 1 aliphatic heterocycles. The van der Waals surface area contributed by atoms with Gasteiger partial charge in [0.05, 0.1) is 36.0 Å². The molecule has 0 unspecified atom stereocenters. The van der Waals surface area contributed by atoms with E-state index in [-0.39, 0.29) is 52.4 Å². The van der Waals surface area contributed by atoms with E-state index in [4.69, 9.17) is 21.7 Å². The van der Waals surface area contributed by atoms with Gasteiger partial charge in [0.25, 0.3) is 0 Å². The van der Waals surface area contributed by atoms with E-state index in [1.54, 1.807) is 20.9 Å². The van der Waals surface area contributed by atoms with E-state index in [0.29, 0.717) is 5.92 Å². The van der Waals surface area contributed by atoms with Gasteiger partial charge < -0.3 is 25.8 Å². The molecular weight excluding hydrogens is 602 g/mol. The zero-order chi connectivity index (χ0) is 32.2. The number of nitrogens with zero attached hydrogens (tertiary/aromatic N) is 3. The number of halogens is 1. The number of sulfone groups is 1. The summed E-state index contributed by atoms with van der Waals surface area (Å²) in [5, 5.41) is 26.8. The van der Waals surface area contributed by atoms with Gasteiger partial charge in [-0.25, -0.2) is 13.4 Å². The van der Waals surface area contributed by atoms with Crippen LogP contribution in [0, 0.1) is 18.3 Å². The van der Waals surface area contributed by atoms with E-state index < -0.39 is 14.9 Å². The van der Waals surface area contributed by atoms with Crippen molar-refractivity contribution >= 4 is 43.9 Å². The van der Waals surface area contributed by atoms with Crippen molar-refractivity contribution in [2.45, 2.75) is 77.9 Å². The molecule has 0 radical (unpaired) electrons. The second kappa shape index (κ2) is 14.0. The number of piperidine rings is 1. The maximum absolute atomic E-state index is 12.8. The average molecular weight is 648 g/mol. The summed E-state index contributed by atoms with van der Waals surface area (Å²) in [4.78, 5) is 11.2. The highest BCUT2D eigenvalue weighted by molar-refractivity contribution is 8.06.